The third kappa shape index (κ3) is 7.59. The maximum absolute atomic E-state index is 13.9. The Balaban J connectivity index is 2.59. The predicted molar refractivity (Wildman–Crippen MR) is 146 cm³/mol. The van der Waals surface area contributed by atoms with E-state index in [2.05, 4.69) is 16.7 Å². The second-order valence-electron chi connectivity index (χ2n) is 10.2. The van der Waals surface area contributed by atoms with Crippen molar-refractivity contribution in [3.05, 3.63) is 64.2 Å². The molecule has 2 rings (SSSR count). The van der Waals surface area contributed by atoms with E-state index >= 15 is 0 Å². The van der Waals surface area contributed by atoms with Crippen LogP contribution in [0.25, 0.3) is 0 Å². The molecule has 0 saturated heterocycles. The molecule has 2 aromatic carbocycles. The lowest BCUT2D eigenvalue weighted by Crippen LogP contribution is -2.52. The minimum absolute atomic E-state index is 0.526. The summed E-state index contributed by atoms with van der Waals surface area (Å²) >= 11 is 0. The number of terminal acetylenes is 1. The number of nitrogens with two attached hydrogens (primary N) is 1. The first-order chi connectivity index (χ1) is 17.7. The number of carbonyl (C=O) groups is 4. The topological polar surface area (TPSA) is 131 Å². The van der Waals surface area contributed by atoms with E-state index in [1.54, 1.807) is 46.8 Å². The lowest BCUT2D eigenvalue weighted by atomic mass is 9.93. The third-order valence-electron chi connectivity index (χ3n) is 5.82. The maximum atomic E-state index is 13.9. The highest BCUT2D eigenvalue weighted by Crippen LogP contribution is 2.30. The molecule has 2 aromatic rings. The number of hydrogen-bond donors (Lipinski definition) is 3. The van der Waals surface area contributed by atoms with E-state index in [4.69, 9.17) is 16.9 Å². The van der Waals surface area contributed by atoms with Crippen LogP contribution in [0.3, 0.4) is 0 Å². The number of benzene rings is 2. The summed E-state index contributed by atoms with van der Waals surface area (Å²) in [4.78, 5) is 52.8. The molecule has 0 aliphatic heterocycles. The highest BCUT2D eigenvalue weighted by Gasteiger charge is 2.38. The summed E-state index contributed by atoms with van der Waals surface area (Å²) in [6, 6.07) is 10.6. The Morgan fingerprint density at radius 2 is 1.47 bits per heavy atom. The van der Waals surface area contributed by atoms with Crippen LogP contribution in [0.4, 0.5) is 10.5 Å². The van der Waals surface area contributed by atoms with Crippen molar-refractivity contribution in [2.24, 2.45) is 5.73 Å². The van der Waals surface area contributed by atoms with Gasteiger partial charge in [0.15, 0.2) is 0 Å². The molecule has 2 atom stereocenters. The third-order valence-corrected chi connectivity index (χ3v) is 5.82. The quantitative estimate of drug-likeness (QED) is 0.360. The van der Waals surface area contributed by atoms with Crippen molar-refractivity contribution in [3.63, 3.8) is 0 Å². The van der Waals surface area contributed by atoms with Crippen LogP contribution in [0.1, 0.15) is 61.1 Å². The first-order valence-corrected chi connectivity index (χ1v) is 12.2. The van der Waals surface area contributed by atoms with Gasteiger partial charge in [-0.15, -0.1) is 0 Å². The van der Waals surface area contributed by atoms with Gasteiger partial charge < -0.3 is 21.1 Å². The van der Waals surface area contributed by atoms with Gasteiger partial charge in [-0.05, 0) is 76.3 Å². The number of rotatable bonds is 8. The highest BCUT2D eigenvalue weighted by atomic mass is 16.6. The Labute approximate surface area is 224 Å². The Morgan fingerprint density at radius 3 is 1.92 bits per heavy atom. The number of amides is 4. The maximum Gasteiger partial charge on any atom is 0.408 e. The van der Waals surface area contributed by atoms with Crippen molar-refractivity contribution in [2.45, 2.75) is 72.6 Å². The molecule has 2 unspecified atom stereocenters. The zero-order valence-electron chi connectivity index (χ0n) is 23.0. The minimum atomic E-state index is -1.46. The smallest absolute Gasteiger partial charge is 0.408 e. The fourth-order valence-corrected chi connectivity index (χ4v) is 4.12. The molecule has 0 fully saturated rings. The van der Waals surface area contributed by atoms with Crippen LogP contribution in [0.15, 0.2) is 36.4 Å². The number of carbonyl (C=O) groups excluding carboxylic acids is 4. The lowest BCUT2D eigenvalue weighted by Gasteiger charge is -2.31. The van der Waals surface area contributed by atoms with Gasteiger partial charge in [0.1, 0.15) is 17.7 Å². The van der Waals surface area contributed by atoms with Crippen LogP contribution < -0.4 is 16.4 Å². The summed E-state index contributed by atoms with van der Waals surface area (Å²) in [5, 5.41) is 5.30. The van der Waals surface area contributed by atoms with Crippen molar-refractivity contribution < 1.29 is 23.9 Å². The molecule has 9 heteroatoms. The number of para-hydroxylation sites is 1. The summed E-state index contributed by atoms with van der Waals surface area (Å²) in [5.74, 6) is -2.26. The zero-order valence-corrected chi connectivity index (χ0v) is 23.0. The Hall–Kier alpha value is -4.32. The molecule has 0 heterocycles. The number of ether oxygens (including phenoxy) is 1. The molecular weight excluding hydrogens is 484 g/mol. The number of aryl methyl sites for hydroxylation is 4. The van der Waals surface area contributed by atoms with E-state index in [9.17, 15) is 19.2 Å². The Morgan fingerprint density at radius 1 is 0.974 bits per heavy atom. The number of primary amides is 1. The molecule has 0 aromatic heterocycles. The second kappa shape index (κ2) is 12.3. The zero-order chi connectivity index (χ0) is 28.8. The molecule has 0 saturated carbocycles. The van der Waals surface area contributed by atoms with Gasteiger partial charge in [0.05, 0.1) is 6.42 Å². The van der Waals surface area contributed by atoms with Gasteiger partial charge >= 0.3 is 6.09 Å². The van der Waals surface area contributed by atoms with E-state index < -0.39 is 47.9 Å². The molecule has 0 aliphatic rings. The van der Waals surface area contributed by atoms with Crippen LogP contribution in [-0.4, -0.2) is 40.4 Å². The predicted octanol–water partition coefficient (Wildman–Crippen LogP) is 3.79. The van der Waals surface area contributed by atoms with Crippen LogP contribution in [0, 0.1) is 40.2 Å². The number of anilines is 1. The second-order valence-corrected chi connectivity index (χ2v) is 10.2. The number of alkyl carbamates (subject to hydrolysis) is 1. The average Bonchev–Trinajstić information content (AvgIpc) is 2.78. The average molecular weight is 521 g/mol. The van der Waals surface area contributed by atoms with Gasteiger partial charge in [-0.3, -0.25) is 19.3 Å². The summed E-state index contributed by atoms with van der Waals surface area (Å²) in [7, 11) is 0. The van der Waals surface area contributed by atoms with E-state index in [1.165, 1.54) is 0 Å². The van der Waals surface area contributed by atoms with Crippen LogP contribution >= 0.6 is 0 Å². The molecular formula is C29H36N4O5. The monoisotopic (exact) mass is 520 g/mol. The molecule has 38 heavy (non-hydrogen) atoms. The molecule has 0 bridgehead atoms. The fraction of sp³-hybridized carbons (Fsp3) is 0.379. The van der Waals surface area contributed by atoms with Gasteiger partial charge in [-0.1, -0.05) is 42.8 Å². The molecule has 0 spiro atoms. The summed E-state index contributed by atoms with van der Waals surface area (Å²) in [5.41, 5.74) is 8.75. The Kier molecular flexibility index (Phi) is 9.66. The largest absolute Gasteiger partial charge is 0.444 e. The van der Waals surface area contributed by atoms with E-state index in [1.807, 2.05) is 38.1 Å². The first kappa shape index (κ1) is 29.9. The molecule has 0 aliphatic carbocycles. The van der Waals surface area contributed by atoms with Gasteiger partial charge in [-0.25, -0.2) is 4.79 Å². The highest BCUT2D eigenvalue weighted by molar-refractivity contribution is 6.01. The van der Waals surface area contributed by atoms with Crippen molar-refractivity contribution >= 4 is 29.5 Å². The molecule has 0 radical (unpaired) electrons. The van der Waals surface area contributed by atoms with Crippen molar-refractivity contribution in [1.29, 1.82) is 0 Å². The molecule has 9 nitrogen and oxygen atoms in total. The first-order valence-electron chi connectivity index (χ1n) is 12.2. The van der Waals surface area contributed by atoms with Gasteiger partial charge in [-0.2, -0.15) is 0 Å². The molecule has 4 amide bonds. The van der Waals surface area contributed by atoms with E-state index in [-0.39, 0.29) is 0 Å². The van der Waals surface area contributed by atoms with Gasteiger partial charge in [0.25, 0.3) is 11.8 Å². The molecule has 4 N–H and O–H groups in total. The fourth-order valence-electron chi connectivity index (χ4n) is 4.12. The van der Waals surface area contributed by atoms with E-state index in [0.717, 1.165) is 27.2 Å². The summed E-state index contributed by atoms with van der Waals surface area (Å²) in [6.07, 6.45) is 4.34. The standard InChI is InChI=1S/C29H36N4O5/c1-9-33(27(36)21(16-22(30)34)31-28(37)38-29(6,7)8)25(23-17(2)12-10-13-18(23)3)26(35)32-24-19(4)14-11-15-20(24)5/h1,10-15,21,25H,16H2,2-8H3,(H2,30,34)(H,31,37)(H,32,35). The summed E-state index contributed by atoms with van der Waals surface area (Å²) in [6.45, 7) is 12.3. The summed E-state index contributed by atoms with van der Waals surface area (Å²) < 4.78 is 5.25. The minimum Gasteiger partial charge on any atom is -0.444 e. The number of nitrogens with one attached hydrogen (secondary N) is 2. The van der Waals surface area contributed by atoms with Crippen molar-refractivity contribution in [1.82, 2.24) is 10.2 Å². The van der Waals surface area contributed by atoms with Crippen LogP contribution in [0.5, 0.6) is 0 Å². The van der Waals surface area contributed by atoms with Gasteiger partial charge in [0, 0.05) is 11.7 Å². The van der Waals surface area contributed by atoms with Crippen molar-refractivity contribution in [2.75, 3.05) is 5.32 Å². The molecule has 202 valence electrons. The number of hydrogen-bond acceptors (Lipinski definition) is 5. The van der Waals surface area contributed by atoms with Gasteiger partial charge in [0.2, 0.25) is 5.91 Å². The van der Waals surface area contributed by atoms with Crippen LogP contribution in [0.2, 0.25) is 0 Å². The van der Waals surface area contributed by atoms with E-state index in [0.29, 0.717) is 11.3 Å². The Bertz CT molecular complexity index is 1230. The van der Waals surface area contributed by atoms with Crippen LogP contribution in [-0.2, 0) is 19.1 Å². The number of nitrogens with zero attached hydrogens (tertiary/aromatic N) is 1. The van der Waals surface area contributed by atoms with Crippen molar-refractivity contribution in [3.8, 4) is 12.5 Å². The lowest BCUT2D eigenvalue weighted by molar-refractivity contribution is -0.138. The normalized spacial score (nSPS) is 12.5. The SMILES string of the molecule is C#CN(C(=O)C(CC(N)=O)NC(=O)OC(C)(C)C)C(C(=O)Nc1c(C)cccc1C)c1c(C)cccc1C.